The van der Waals surface area contributed by atoms with Crippen molar-refractivity contribution >= 4 is 17.7 Å². The summed E-state index contributed by atoms with van der Waals surface area (Å²) in [7, 11) is 1.84. The molecule has 1 heterocycles. The molecule has 25 heavy (non-hydrogen) atoms. The molecule has 1 amide bonds. The Labute approximate surface area is 146 Å². The van der Waals surface area contributed by atoms with E-state index < -0.39 is 24.0 Å². The van der Waals surface area contributed by atoms with E-state index in [2.05, 4.69) is 10.5 Å². The van der Waals surface area contributed by atoms with E-state index in [0.29, 0.717) is 18.1 Å². The number of likely N-dealkylation sites (N-methyl/N-ethyl adjacent to an activating group) is 1. The highest BCUT2D eigenvalue weighted by molar-refractivity contribution is 5.94. The number of benzene rings is 1. The Balaban J connectivity index is 1.85. The molecule has 0 saturated carbocycles. The molecule has 0 unspecified atom stereocenters. The zero-order valence-electron chi connectivity index (χ0n) is 14.9. The van der Waals surface area contributed by atoms with Gasteiger partial charge in [0.1, 0.15) is 11.8 Å². The van der Waals surface area contributed by atoms with Gasteiger partial charge in [0.2, 0.25) is 0 Å². The summed E-state index contributed by atoms with van der Waals surface area (Å²) in [5.74, 6) is -0.0484. The summed E-state index contributed by atoms with van der Waals surface area (Å²) < 4.78 is 10.1. The van der Waals surface area contributed by atoms with Crippen molar-refractivity contribution in [2.45, 2.75) is 39.5 Å². The van der Waals surface area contributed by atoms with Crippen molar-refractivity contribution in [1.82, 2.24) is 10.1 Å². The molecule has 0 aliphatic carbocycles. The van der Waals surface area contributed by atoms with E-state index in [1.807, 2.05) is 42.3 Å². The van der Waals surface area contributed by atoms with Crippen LogP contribution in [-0.4, -0.2) is 41.1 Å². The minimum absolute atomic E-state index is 0.291. The topological polar surface area (TPSA) is 84.7 Å². The number of nitrogens with one attached hydrogen (secondary N) is 1. The fourth-order valence-electron chi connectivity index (χ4n) is 2.17. The van der Waals surface area contributed by atoms with Crippen LogP contribution in [0.5, 0.6) is 0 Å². The lowest BCUT2D eigenvalue weighted by atomic mass is 10.2. The van der Waals surface area contributed by atoms with Crippen LogP contribution in [0.1, 0.15) is 25.2 Å². The van der Waals surface area contributed by atoms with E-state index in [1.165, 1.54) is 6.92 Å². The highest BCUT2D eigenvalue weighted by atomic mass is 16.5. The number of hydrogen-bond donors (Lipinski definition) is 1. The molecule has 2 aromatic rings. The highest BCUT2D eigenvalue weighted by Gasteiger charge is 2.25. The maximum atomic E-state index is 12.3. The normalized spacial score (nSPS) is 13.3. The lowest BCUT2D eigenvalue weighted by Crippen LogP contribution is -2.40. The first-order chi connectivity index (χ1) is 11.9. The van der Waals surface area contributed by atoms with Crippen LogP contribution in [0.15, 0.2) is 40.9 Å². The minimum Gasteiger partial charge on any atom is -0.451 e. The molecule has 0 aliphatic heterocycles. The van der Waals surface area contributed by atoms with Gasteiger partial charge in [0.25, 0.3) is 5.91 Å². The van der Waals surface area contributed by atoms with Crippen LogP contribution >= 0.6 is 0 Å². The van der Waals surface area contributed by atoms with Gasteiger partial charge in [-0.1, -0.05) is 35.5 Å². The monoisotopic (exact) mass is 345 g/mol. The molecule has 0 aliphatic rings. The summed E-state index contributed by atoms with van der Waals surface area (Å²) in [6, 6.07) is 10.9. The molecule has 0 radical (unpaired) electrons. The van der Waals surface area contributed by atoms with E-state index in [0.717, 1.165) is 5.56 Å². The first-order valence-electron chi connectivity index (χ1n) is 8.05. The Morgan fingerprint density at radius 3 is 2.56 bits per heavy atom. The summed E-state index contributed by atoms with van der Waals surface area (Å²) in [5, 5.41) is 6.21. The molecule has 2 atom stereocenters. The van der Waals surface area contributed by atoms with Crippen LogP contribution in [0.2, 0.25) is 0 Å². The summed E-state index contributed by atoms with van der Waals surface area (Å²) >= 11 is 0. The Bertz CT molecular complexity index is 714. The lowest BCUT2D eigenvalue weighted by molar-refractivity contribution is -0.157. The SMILES string of the molecule is Cc1cc(NC(=O)[C@H](C)OC(=O)[C@H](C)N(C)Cc2ccccc2)no1. The number of esters is 1. The third-order valence-electron chi connectivity index (χ3n) is 3.82. The average molecular weight is 345 g/mol. The fraction of sp³-hybridized carbons (Fsp3) is 0.389. The van der Waals surface area contributed by atoms with Crippen LogP contribution in [-0.2, 0) is 20.9 Å². The Morgan fingerprint density at radius 2 is 1.96 bits per heavy atom. The number of anilines is 1. The molecule has 1 N–H and O–H groups in total. The standard InChI is InChI=1S/C18H23N3O4/c1-12-10-16(20-25-12)19-17(22)14(3)24-18(23)13(2)21(4)11-15-8-6-5-7-9-15/h5-10,13-14H,11H2,1-4H3,(H,19,20,22)/t13-,14-/m0/s1. The molecular weight excluding hydrogens is 322 g/mol. The van der Waals surface area contributed by atoms with Crippen molar-refractivity contribution in [3.05, 3.63) is 47.7 Å². The van der Waals surface area contributed by atoms with Gasteiger partial charge in [0, 0.05) is 12.6 Å². The van der Waals surface area contributed by atoms with Gasteiger partial charge in [-0.15, -0.1) is 0 Å². The van der Waals surface area contributed by atoms with Gasteiger partial charge in [-0.2, -0.15) is 0 Å². The smallest absolute Gasteiger partial charge is 0.323 e. The van der Waals surface area contributed by atoms with Crippen molar-refractivity contribution in [1.29, 1.82) is 0 Å². The summed E-state index contributed by atoms with van der Waals surface area (Å²) in [4.78, 5) is 26.2. The minimum atomic E-state index is -0.933. The quantitative estimate of drug-likeness (QED) is 0.776. The molecule has 2 rings (SSSR count). The number of rotatable bonds is 7. The second kappa shape index (κ2) is 8.43. The number of ether oxygens (including phenoxy) is 1. The average Bonchev–Trinajstić information content (AvgIpc) is 2.99. The molecule has 1 aromatic carbocycles. The maximum absolute atomic E-state index is 12.3. The number of aryl methyl sites for hydroxylation is 1. The first-order valence-corrected chi connectivity index (χ1v) is 8.05. The van der Waals surface area contributed by atoms with E-state index in [4.69, 9.17) is 9.26 Å². The molecule has 0 bridgehead atoms. The largest absolute Gasteiger partial charge is 0.451 e. The van der Waals surface area contributed by atoms with Gasteiger partial charge in [0.05, 0.1) is 0 Å². The number of nitrogens with zero attached hydrogens (tertiary/aromatic N) is 2. The Morgan fingerprint density at radius 1 is 1.28 bits per heavy atom. The van der Waals surface area contributed by atoms with Crippen molar-refractivity contribution in [2.24, 2.45) is 0 Å². The summed E-state index contributed by atoms with van der Waals surface area (Å²) in [5.41, 5.74) is 1.09. The van der Waals surface area contributed by atoms with Crippen LogP contribution in [0.25, 0.3) is 0 Å². The third kappa shape index (κ3) is 5.42. The highest BCUT2D eigenvalue weighted by Crippen LogP contribution is 2.10. The van der Waals surface area contributed by atoms with Crippen LogP contribution in [0, 0.1) is 6.92 Å². The summed E-state index contributed by atoms with van der Waals surface area (Å²) in [6.07, 6.45) is -0.933. The predicted octanol–water partition coefficient (Wildman–Crippen LogP) is 2.37. The number of hydrogen-bond acceptors (Lipinski definition) is 6. The molecule has 0 fully saturated rings. The van der Waals surface area contributed by atoms with Crippen LogP contribution < -0.4 is 5.32 Å². The molecule has 7 heteroatoms. The molecule has 7 nitrogen and oxygen atoms in total. The molecule has 0 saturated heterocycles. The van der Waals surface area contributed by atoms with Gasteiger partial charge < -0.3 is 14.6 Å². The molecular formula is C18H23N3O4. The first kappa shape index (κ1) is 18.7. The second-order valence-corrected chi connectivity index (χ2v) is 5.97. The second-order valence-electron chi connectivity index (χ2n) is 5.97. The molecule has 134 valence electrons. The van der Waals surface area contributed by atoms with Gasteiger partial charge in [-0.3, -0.25) is 14.5 Å². The van der Waals surface area contributed by atoms with Crippen molar-refractivity contribution in [3.63, 3.8) is 0 Å². The van der Waals surface area contributed by atoms with E-state index in [-0.39, 0.29) is 0 Å². The molecule has 0 spiro atoms. The third-order valence-corrected chi connectivity index (χ3v) is 3.82. The predicted molar refractivity (Wildman–Crippen MR) is 92.8 cm³/mol. The lowest BCUT2D eigenvalue weighted by Gasteiger charge is -2.24. The maximum Gasteiger partial charge on any atom is 0.323 e. The Hall–Kier alpha value is -2.67. The summed E-state index contributed by atoms with van der Waals surface area (Å²) in [6.45, 7) is 5.59. The van der Waals surface area contributed by atoms with E-state index in [1.54, 1.807) is 19.9 Å². The van der Waals surface area contributed by atoms with Gasteiger partial charge >= 0.3 is 5.97 Å². The Kier molecular flexibility index (Phi) is 6.30. The number of amides is 1. The van der Waals surface area contributed by atoms with E-state index >= 15 is 0 Å². The van der Waals surface area contributed by atoms with Crippen molar-refractivity contribution in [2.75, 3.05) is 12.4 Å². The van der Waals surface area contributed by atoms with Gasteiger partial charge in [-0.05, 0) is 33.4 Å². The number of aromatic nitrogens is 1. The zero-order chi connectivity index (χ0) is 18.4. The van der Waals surface area contributed by atoms with Crippen molar-refractivity contribution < 1.29 is 18.8 Å². The van der Waals surface area contributed by atoms with Crippen molar-refractivity contribution in [3.8, 4) is 0 Å². The van der Waals surface area contributed by atoms with Gasteiger partial charge in [-0.25, -0.2) is 0 Å². The van der Waals surface area contributed by atoms with Crippen LogP contribution in [0.3, 0.4) is 0 Å². The molecule has 1 aromatic heterocycles. The number of carbonyl (C=O) groups is 2. The number of carbonyl (C=O) groups excluding carboxylic acids is 2. The fourth-order valence-corrected chi connectivity index (χ4v) is 2.17. The van der Waals surface area contributed by atoms with Gasteiger partial charge in [0.15, 0.2) is 11.9 Å². The zero-order valence-corrected chi connectivity index (χ0v) is 14.9. The van der Waals surface area contributed by atoms with E-state index in [9.17, 15) is 9.59 Å². The van der Waals surface area contributed by atoms with Crippen LogP contribution in [0.4, 0.5) is 5.82 Å².